The molecule has 1 atom stereocenters. The molecule has 0 amide bonds. The number of nitrogens with two attached hydrogens (primary N) is 1. The number of rotatable bonds is 4. The van der Waals surface area contributed by atoms with Crippen LogP contribution in [0.1, 0.15) is 30.7 Å². The summed E-state index contributed by atoms with van der Waals surface area (Å²) in [5, 5.41) is 17.7. The third-order valence-electron chi connectivity index (χ3n) is 6.24. The number of Topliss-reactive ketones (excluding diaryl/α,β-unsaturated/α-hetero) is 1. The number of allylic oxidation sites excluding steroid dienone is 3. The van der Waals surface area contributed by atoms with Gasteiger partial charge in [-0.25, -0.2) is 0 Å². The minimum atomic E-state index is -0.507. The van der Waals surface area contributed by atoms with Crippen LogP contribution in [0.15, 0.2) is 83.3 Å². The van der Waals surface area contributed by atoms with E-state index in [-0.39, 0.29) is 5.78 Å². The molecule has 1 aromatic heterocycles. The second-order valence-electron chi connectivity index (χ2n) is 8.10. The van der Waals surface area contributed by atoms with Crippen molar-refractivity contribution in [3.05, 3.63) is 88.9 Å². The van der Waals surface area contributed by atoms with Gasteiger partial charge < -0.3 is 10.5 Å². The number of methoxy groups -OCH3 is 1. The maximum Gasteiger partial charge on any atom is 0.161 e. The number of benzene rings is 2. The van der Waals surface area contributed by atoms with Crippen LogP contribution in [0.2, 0.25) is 0 Å². The lowest BCUT2D eigenvalue weighted by Gasteiger charge is -2.38. The van der Waals surface area contributed by atoms with Crippen molar-refractivity contribution in [1.29, 1.82) is 5.26 Å². The molecule has 1 unspecified atom stereocenters. The molecule has 0 radical (unpaired) electrons. The number of ether oxygens (including phenoxy) is 1. The number of nitriles is 1. The molecule has 3 aromatic rings. The molecule has 0 saturated heterocycles. The summed E-state index contributed by atoms with van der Waals surface area (Å²) in [4.78, 5) is 15.0. The molecular formula is C26H23N5O2. The van der Waals surface area contributed by atoms with E-state index in [4.69, 9.17) is 10.5 Å². The van der Waals surface area contributed by atoms with Crippen LogP contribution >= 0.6 is 0 Å². The van der Waals surface area contributed by atoms with Crippen LogP contribution in [0.3, 0.4) is 0 Å². The Morgan fingerprint density at radius 1 is 1.15 bits per heavy atom. The lowest BCUT2D eigenvalue weighted by molar-refractivity contribution is -0.116. The van der Waals surface area contributed by atoms with Crippen LogP contribution in [0.25, 0.3) is 11.3 Å². The maximum absolute atomic E-state index is 13.2. The number of nitrogens with zero attached hydrogens (tertiary/aromatic N) is 3. The van der Waals surface area contributed by atoms with Gasteiger partial charge in [0.1, 0.15) is 11.6 Å². The van der Waals surface area contributed by atoms with E-state index in [1.54, 1.807) is 12.0 Å². The predicted octanol–water partition coefficient (Wildman–Crippen LogP) is 4.39. The van der Waals surface area contributed by atoms with Crippen LogP contribution in [0.4, 0.5) is 5.82 Å². The Kier molecular flexibility index (Phi) is 5.19. The summed E-state index contributed by atoms with van der Waals surface area (Å²) < 4.78 is 5.27. The van der Waals surface area contributed by atoms with Gasteiger partial charge in [0.2, 0.25) is 0 Å². The molecule has 1 aliphatic carbocycles. The van der Waals surface area contributed by atoms with Gasteiger partial charge in [0.25, 0.3) is 0 Å². The quantitative estimate of drug-likeness (QED) is 0.627. The van der Waals surface area contributed by atoms with Gasteiger partial charge in [-0.1, -0.05) is 42.5 Å². The second-order valence-corrected chi connectivity index (χ2v) is 8.10. The number of nitrogens with one attached hydrogen (secondary N) is 1. The standard InChI is InChI=1S/C26H23N5O2/c1-33-18-12-10-17(11-13-18)24-19(15-27)26(28)31(21-8-5-9-22(32)25(21)24)23-14-20(29-30-23)16-6-3-2-4-7-16/h2-4,6-7,10-14,24H,5,8-9,28H2,1H3,(H,29,30). The summed E-state index contributed by atoms with van der Waals surface area (Å²) in [6.07, 6.45) is 1.86. The second kappa shape index (κ2) is 8.32. The van der Waals surface area contributed by atoms with Crippen LogP contribution in [-0.2, 0) is 4.79 Å². The number of aromatic amines is 1. The number of hydrogen-bond donors (Lipinski definition) is 2. The zero-order valence-corrected chi connectivity index (χ0v) is 18.2. The first-order valence-corrected chi connectivity index (χ1v) is 10.8. The summed E-state index contributed by atoms with van der Waals surface area (Å²) in [5.74, 6) is 1.11. The largest absolute Gasteiger partial charge is 0.497 e. The average molecular weight is 438 g/mol. The summed E-state index contributed by atoms with van der Waals surface area (Å²) in [6, 6.07) is 21.5. The first-order valence-electron chi connectivity index (χ1n) is 10.8. The minimum absolute atomic E-state index is 0.0427. The third kappa shape index (κ3) is 3.46. The zero-order chi connectivity index (χ0) is 22.9. The molecule has 1 aliphatic heterocycles. The number of carbonyl (C=O) groups is 1. The van der Waals surface area contributed by atoms with Gasteiger partial charge in [0.15, 0.2) is 11.6 Å². The van der Waals surface area contributed by atoms with E-state index in [0.717, 1.165) is 28.9 Å². The number of anilines is 1. The van der Waals surface area contributed by atoms with Crippen LogP contribution < -0.4 is 15.4 Å². The smallest absolute Gasteiger partial charge is 0.161 e. The Labute approximate surface area is 191 Å². The van der Waals surface area contributed by atoms with E-state index in [1.165, 1.54) is 0 Å². The Morgan fingerprint density at radius 3 is 2.61 bits per heavy atom. The van der Waals surface area contributed by atoms with E-state index in [2.05, 4.69) is 16.3 Å². The molecule has 33 heavy (non-hydrogen) atoms. The summed E-state index contributed by atoms with van der Waals surface area (Å²) in [6.45, 7) is 0. The molecule has 5 rings (SSSR count). The lowest BCUT2D eigenvalue weighted by atomic mass is 9.75. The molecule has 7 heteroatoms. The molecule has 2 aliphatic rings. The highest BCUT2D eigenvalue weighted by atomic mass is 16.5. The van der Waals surface area contributed by atoms with Gasteiger partial charge in [0.05, 0.1) is 30.4 Å². The Hall–Kier alpha value is -4.31. The number of ketones is 1. The minimum Gasteiger partial charge on any atom is -0.497 e. The molecule has 0 saturated carbocycles. The van der Waals surface area contributed by atoms with Crippen molar-refractivity contribution in [2.45, 2.75) is 25.2 Å². The van der Waals surface area contributed by atoms with Crippen molar-refractivity contribution in [1.82, 2.24) is 10.2 Å². The maximum atomic E-state index is 13.2. The topological polar surface area (TPSA) is 108 Å². The average Bonchev–Trinajstić information content (AvgIpc) is 3.34. The summed E-state index contributed by atoms with van der Waals surface area (Å²) >= 11 is 0. The van der Waals surface area contributed by atoms with Crippen molar-refractivity contribution in [3.63, 3.8) is 0 Å². The number of H-pyrrole nitrogens is 1. The molecule has 0 bridgehead atoms. The van der Waals surface area contributed by atoms with Gasteiger partial charge in [0, 0.05) is 23.8 Å². The van der Waals surface area contributed by atoms with Gasteiger partial charge in [-0.05, 0) is 36.1 Å². The fraction of sp³-hybridized carbons (Fsp3) is 0.192. The molecule has 2 heterocycles. The highest BCUT2D eigenvalue weighted by Gasteiger charge is 2.40. The highest BCUT2D eigenvalue weighted by Crippen LogP contribution is 2.46. The van der Waals surface area contributed by atoms with E-state index in [9.17, 15) is 10.1 Å². The molecule has 0 spiro atoms. The Bertz CT molecular complexity index is 1310. The first kappa shape index (κ1) is 20.6. The van der Waals surface area contributed by atoms with Crippen molar-refractivity contribution in [2.24, 2.45) is 5.73 Å². The summed E-state index contributed by atoms with van der Waals surface area (Å²) in [5.41, 5.74) is 11.1. The predicted molar refractivity (Wildman–Crippen MR) is 125 cm³/mol. The van der Waals surface area contributed by atoms with Crippen LogP contribution in [-0.4, -0.2) is 23.1 Å². The molecule has 7 nitrogen and oxygen atoms in total. The Morgan fingerprint density at radius 2 is 1.91 bits per heavy atom. The molecule has 3 N–H and O–H groups in total. The van der Waals surface area contributed by atoms with Gasteiger partial charge in [-0.15, -0.1) is 0 Å². The van der Waals surface area contributed by atoms with E-state index < -0.39 is 5.92 Å². The van der Waals surface area contributed by atoms with Gasteiger partial charge in [-0.3, -0.25) is 14.8 Å². The van der Waals surface area contributed by atoms with Crippen molar-refractivity contribution < 1.29 is 9.53 Å². The molecule has 2 aromatic carbocycles. The third-order valence-corrected chi connectivity index (χ3v) is 6.24. The van der Waals surface area contributed by atoms with E-state index in [0.29, 0.717) is 41.4 Å². The Balaban J connectivity index is 1.65. The van der Waals surface area contributed by atoms with Crippen molar-refractivity contribution in [2.75, 3.05) is 12.0 Å². The fourth-order valence-corrected chi connectivity index (χ4v) is 4.67. The number of hydrogen-bond acceptors (Lipinski definition) is 6. The SMILES string of the molecule is COc1ccc(C2C(C#N)=C(N)N(c3cc(-c4ccccc4)[nH]n3)C3=C2C(=O)CCC3)cc1. The van der Waals surface area contributed by atoms with Gasteiger partial charge >= 0.3 is 0 Å². The summed E-state index contributed by atoms with van der Waals surface area (Å²) in [7, 11) is 1.60. The zero-order valence-electron chi connectivity index (χ0n) is 18.2. The molecule has 164 valence electrons. The van der Waals surface area contributed by atoms with E-state index >= 15 is 0 Å². The van der Waals surface area contributed by atoms with E-state index in [1.807, 2.05) is 60.7 Å². The highest BCUT2D eigenvalue weighted by molar-refractivity contribution is 6.01. The van der Waals surface area contributed by atoms with Gasteiger partial charge in [-0.2, -0.15) is 10.4 Å². The number of carbonyl (C=O) groups excluding carboxylic acids is 1. The van der Waals surface area contributed by atoms with Crippen LogP contribution in [0, 0.1) is 11.3 Å². The monoisotopic (exact) mass is 437 g/mol. The van der Waals surface area contributed by atoms with Crippen LogP contribution in [0.5, 0.6) is 5.75 Å². The molecular weight excluding hydrogens is 414 g/mol. The van der Waals surface area contributed by atoms with Crippen molar-refractivity contribution in [3.8, 4) is 23.1 Å². The normalized spacial score (nSPS) is 18.2. The fourth-order valence-electron chi connectivity index (χ4n) is 4.67. The molecule has 0 fully saturated rings. The first-order chi connectivity index (χ1) is 16.1. The number of aromatic nitrogens is 2. The van der Waals surface area contributed by atoms with Crippen molar-refractivity contribution >= 4 is 11.6 Å². The lowest BCUT2D eigenvalue weighted by Crippen LogP contribution is -2.38.